The fraction of sp³-hybridized carbons (Fsp3) is 0.727. The summed E-state index contributed by atoms with van der Waals surface area (Å²) in [5, 5.41) is 13.5. The minimum atomic E-state index is -0.797. The maximum atomic E-state index is 11.1. The zero-order valence-electron chi connectivity index (χ0n) is 9.90. The lowest BCUT2D eigenvalue weighted by atomic mass is 9.96. The number of fused-ring (bicyclic) bond motifs is 1. The number of aromatic nitrogens is 3. The van der Waals surface area contributed by atoms with Crippen LogP contribution in [0.5, 0.6) is 0 Å². The molecule has 5 heteroatoms. The Kier molecular flexibility index (Phi) is 2.48. The van der Waals surface area contributed by atoms with Gasteiger partial charge in [-0.05, 0) is 12.8 Å². The van der Waals surface area contributed by atoms with Crippen molar-refractivity contribution in [2.45, 2.75) is 51.5 Å². The maximum Gasteiger partial charge on any atom is 0.314 e. The Labute approximate surface area is 94.5 Å². The summed E-state index contributed by atoms with van der Waals surface area (Å²) in [6.07, 6.45) is 1.52. The molecule has 2 heterocycles. The minimum absolute atomic E-state index is 0.132. The average Bonchev–Trinajstić information content (AvgIpc) is 2.59. The fourth-order valence-corrected chi connectivity index (χ4v) is 1.90. The van der Waals surface area contributed by atoms with Crippen molar-refractivity contribution in [2.75, 3.05) is 0 Å². The molecule has 0 fully saturated rings. The summed E-state index contributed by atoms with van der Waals surface area (Å²) < 4.78 is 1.75. The van der Waals surface area contributed by atoms with E-state index in [2.05, 4.69) is 10.1 Å². The molecule has 1 aromatic heterocycles. The quantitative estimate of drug-likeness (QED) is 0.784. The van der Waals surface area contributed by atoms with Gasteiger partial charge >= 0.3 is 5.97 Å². The van der Waals surface area contributed by atoms with E-state index in [0.717, 1.165) is 18.8 Å². The number of aliphatic carboxylic acids is 1. The number of hydrogen-bond acceptors (Lipinski definition) is 3. The third-order valence-corrected chi connectivity index (χ3v) is 2.84. The van der Waals surface area contributed by atoms with E-state index in [4.69, 9.17) is 5.11 Å². The van der Waals surface area contributed by atoms with E-state index < -0.39 is 11.9 Å². The van der Waals surface area contributed by atoms with Gasteiger partial charge in [0.25, 0.3) is 0 Å². The van der Waals surface area contributed by atoms with Gasteiger partial charge in [-0.15, -0.1) is 0 Å². The molecule has 1 N–H and O–H groups in total. The van der Waals surface area contributed by atoms with Crippen LogP contribution in [-0.4, -0.2) is 25.8 Å². The standard InChI is InChI=1S/C11H17N3O2/c1-11(2,3)10-12-8-7(9(15)16)5-4-6-14(8)13-10/h7H,4-6H2,1-3H3,(H,15,16). The first kappa shape index (κ1) is 11.1. The van der Waals surface area contributed by atoms with Crippen LogP contribution in [0.1, 0.15) is 51.2 Å². The number of hydrogen-bond donors (Lipinski definition) is 1. The van der Waals surface area contributed by atoms with E-state index in [9.17, 15) is 4.79 Å². The van der Waals surface area contributed by atoms with E-state index >= 15 is 0 Å². The Morgan fingerprint density at radius 1 is 1.50 bits per heavy atom. The SMILES string of the molecule is CC(C)(C)c1nc2n(n1)CCCC2C(=O)O. The molecule has 1 aliphatic heterocycles. The molecule has 1 unspecified atom stereocenters. The molecule has 88 valence electrons. The highest BCUT2D eigenvalue weighted by atomic mass is 16.4. The Morgan fingerprint density at radius 2 is 2.19 bits per heavy atom. The van der Waals surface area contributed by atoms with E-state index in [1.165, 1.54) is 0 Å². The highest BCUT2D eigenvalue weighted by Crippen LogP contribution is 2.28. The van der Waals surface area contributed by atoms with Crippen molar-refractivity contribution in [3.63, 3.8) is 0 Å². The lowest BCUT2D eigenvalue weighted by Gasteiger charge is -2.17. The van der Waals surface area contributed by atoms with Crippen molar-refractivity contribution < 1.29 is 9.90 Å². The second-order valence-corrected chi connectivity index (χ2v) is 5.30. The van der Waals surface area contributed by atoms with Crippen molar-refractivity contribution in [1.29, 1.82) is 0 Å². The predicted octanol–water partition coefficient (Wildman–Crippen LogP) is 1.54. The molecule has 16 heavy (non-hydrogen) atoms. The van der Waals surface area contributed by atoms with Crippen LogP contribution < -0.4 is 0 Å². The molecule has 0 aromatic carbocycles. The Balaban J connectivity index is 2.42. The van der Waals surface area contributed by atoms with Crippen LogP contribution in [0.2, 0.25) is 0 Å². The summed E-state index contributed by atoms with van der Waals surface area (Å²) >= 11 is 0. The monoisotopic (exact) mass is 223 g/mol. The highest BCUT2D eigenvalue weighted by molar-refractivity contribution is 5.75. The molecule has 0 amide bonds. The van der Waals surface area contributed by atoms with Gasteiger partial charge in [0.2, 0.25) is 0 Å². The number of rotatable bonds is 1. The molecule has 0 spiro atoms. The number of carboxylic acids is 1. The van der Waals surface area contributed by atoms with E-state index in [0.29, 0.717) is 12.2 Å². The number of nitrogens with zero attached hydrogens (tertiary/aromatic N) is 3. The molecule has 1 aliphatic rings. The largest absolute Gasteiger partial charge is 0.481 e. The summed E-state index contributed by atoms with van der Waals surface area (Å²) in [5.41, 5.74) is -0.132. The zero-order valence-corrected chi connectivity index (χ0v) is 9.90. The number of carboxylic acid groups (broad SMARTS) is 1. The van der Waals surface area contributed by atoms with E-state index in [1.54, 1.807) is 4.68 Å². The highest BCUT2D eigenvalue weighted by Gasteiger charge is 2.32. The molecule has 0 radical (unpaired) electrons. The zero-order chi connectivity index (χ0) is 11.9. The Hall–Kier alpha value is -1.39. The van der Waals surface area contributed by atoms with Crippen molar-refractivity contribution >= 4 is 5.97 Å². The van der Waals surface area contributed by atoms with Crippen molar-refractivity contribution in [1.82, 2.24) is 14.8 Å². The van der Waals surface area contributed by atoms with Gasteiger partial charge in [-0.1, -0.05) is 20.8 Å². The number of carbonyl (C=O) groups is 1. The van der Waals surface area contributed by atoms with Gasteiger partial charge in [-0.25, -0.2) is 9.67 Å². The third kappa shape index (κ3) is 1.81. The molecule has 0 bridgehead atoms. The average molecular weight is 223 g/mol. The molecule has 0 saturated carbocycles. The smallest absolute Gasteiger partial charge is 0.314 e. The van der Waals surface area contributed by atoms with Crippen molar-refractivity contribution in [3.8, 4) is 0 Å². The topological polar surface area (TPSA) is 68.0 Å². The molecule has 2 rings (SSSR count). The van der Waals surface area contributed by atoms with Crippen LogP contribution in [-0.2, 0) is 16.8 Å². The summed E-state index contributed by atoms with van der Waals surface area (Å²) in [6.45, 7) is 6.88. The second kappa shape index (κ2) is 3.57. The van der Waals surface area contributed by atoms with Crippen molar-refractivity contribution in [3.05, 3.63) is 11.6 Å². The minimum Gasteiger partial charge on any atom is -0.481 e. The van der Waals surface area contributed by atoms with Gasteiger partial charge in [0, 0.05) is 12.0 Å². The third-order valence-electron chi connectivity index (χ3n) is 2.84. The van der Waals surface area contributed by atoms with Gasteiger partial charge in [-0.3, -0.25) is 4.79 Å². The first-order valence-electron chi connectivity index (χ1n) is 5.57. The van der Waals surface area contributed by atoms with Gasteiger partial charge < -0.3 is 5.11 Å². The Bertz CT molecular complexity index is 417. The molecule has 1 atom stereocenters. The predicted molar refractivity (Wildman–Crippen MR) is 58.3 cm³/mol. The van der Waals surface area contributed by atoms with Gasteiger partial charge in [0.15, 0.2) is 5.82 Å². The summed E-state index contributed by atoms with van der Waals surface area (Å²) in [4.78, 5) is 15.5. The van der Waals surface area contributed by atoms with E-state index in [-0.39, 0.29) is 5.41 Å². The van der Waals surface area contributed by atoms with Gasteiger partial charge in [-0.2, -0.15) is 5.10 Å². The molecular formula is C11H17N3O2. The normalized spacial score (nSPS) is 20.6. The molecule has 0 saturated heterocycles. The summed E-state index contributed by atoms with van der Waals surface area (Å²) in [5.74, 6) is 0.0606. The fourth-order valence-electron chi connectivity index (χ4n) is 1.90. The van der Waals surface area contributed by atoms with Crippen molar-refractivity contribution in [2.24, 2.45) is 0 Å². The second-order valence-electron chi connectivity index (χ2n) is 5.30. The summed E-state index contributed by atoms with van der Waals surface area (Å²) in [7, 11) is 0. The van der Waals surface area contributed by atoms with Crippen LogP contribution in [0.15, 0.2) is 0 Å². The lowest BCUT2D eigenvalue weighted by Crippen LogP contribution is -2.22. The molecule has 5 nitrogen and oxygen atoms in total. The first-order valence-corrected chi connectivity index (χ1v) is 5.57. The molecule has 0 aliphatic carbocycles. The molecule has 1 aromatic rings. The van der Waals surface area contributed by atoms with Crippen LogP contribution in [0.4, 0.5) is 0 Å². The lowest BCUT2D eigenvalue weighted by molar-refractivity contribution is -0.139. The van der Waals surface area contributed by atoms with Gasteiger partial charge in [0.1, 0.15) is 11.7 Å². The molecular weight excluding hydrogens is 206 g/mol. The van der Waals surface area contributed by atoms with Crippen LogP contribution in [0.25, 0.3) is 0 Å². The van der Waals surface area contributed by atoms with Crippen LogP contribution in [0.3, 0.4) is 0 Å². The van der Waals surface area contributed by atoms with Crippen LogP contribution >= 0.6 is 0 Å². The first-order chi connectivity index (χ1) is 7.39. The summed E-state index contributed by atoms with van der Waals surface area (Å²) in [6, 6.07) is 0. The number of aryl methyl sites for hydroxylation is 1. The van der Waals surface area contributed by atoms with Crippen LogP contribution in [0, 0.1) is 0 Å². The Morgan fingerprint density at radius 3 is 2.75 bits per heavy atom. The van der Waals surface area contributed by atoms with E-state index in [1.807, 2.05) is 20.8 Å². The van der Waals surface area contributed by atoms with Gasteiger partial charge in [0.05, 0.1) is 0 Å². The maximum absolute atomic E-state index is 11.1.